The second kappa shape index (κ2) is 9.53. The third-order valence-corrected chi connectivity index (χ3v) is 5.91. The van der Waals surface area contributed by atoms with Crippen molar-refractivity contribution in [3.8, 4) is 0 Å². The summed E-state index contributed by atoms with van der Waals surface area (Å²) < 4.78 is 32.1. The standard InChI is InChI=1S/C17H19Cl2N3O5S/c1-11(10-27-2)21-28(25,26)14-5-6-16(17(8-14)22(23)24)20-9-12-3-4-13(18)7-15(12)19/h3-8,11,20-21H,9-10H2,1-2H3/t11-/m0/s1. The van der Waals surface area contributed by atoms with E-state index >= 15 is 0 Å². The van der Waals surface area contributed by atoms with Crippen LogP contribution in [-0.2, 0) is 21.3 Å². The molecular weight excluding hydrogens is 429 g/mol. The first kappa shape index (κ1) is 22.4. The van der Waals surface area contributed by atoms with Crippen LogP contribution in [0.1, 0.15) is 12.5 Å². The van der Waals surface area contributed by atoms with Gasteiger partial charge in [-0.25, -0.2) is 13.1 Å². The molecule has 28 heavy (non-hydrogen) atoms. The smallest absolute Gasteiger partial charge is 0.293 e. The van der Waals surface area contributed by atoms with E-state index in [1.807, 2.05) is 0 Å². The first-order valence-electron chi connectivity index (χ1n) is 8.11. The predicted octanol–water partition coefficient (Wildman–Crippen LogP) is 3.83. The minimum atomic E-state index is -3.93. The predicted molar refractivity (Wildman–Crippen MR) is 109 cm³/mol. The Morgan fingerprint density at radius 3 is 2.54 bits per heavy atom. The van der Waals surface area contributed by atoms with Crippen molar-refractivity contribution in [2.45, 2.75) is 24.4 Å². The Balaban J connectivity index is 2.26. The van der Waals surface area contributed by atoms with Gasteiger partial charge in [-0.2, -0.15) is 0 Å². The van der Waals surface area contributed by atoms with Gasteiger partial charge in [-0.3, -0.25) is 10.1 Å². The average molecular weight is 448 g/mol. The van der Waals surface area contributed by atoms with Crippen LogP contribution >= 0.6 is 23.2 Å². The van der Waals surface area contributed by atoms with Crippen LogP contribution in [0.3, 0.4) is 0 Å². The first-order chi connectivity index (χ1) is 13.1. The minimum absolute atomic E-state index is 0.167. The Morgan fingerprint density at radius 1 is 1.21 bits per heavy atom. The van der Waals surface area contributed by atoms with Gasteiger partial charge in [-0.1, -0.05) is 29.3 Å². The number of nitrogens with one attached hydrogen (secondary N) is 2. The number of nitro benzene ring substituents is 1. The van der Waals surface area contributed by atoms with Crippen LogP contribution in [0.2, 0.25) is 10.0 Å². The molecule has 2 aromatic carbocycles. The van der Waals surface area contributed by atoms with E-state index in [-0.39, 0.29) is 29.4 Å². The largest absolute Gasteiger partial charge is 0.383 e. The van der Waals surface area contributed by atoms with Crippen LogP contribution in [0.15, 0.2) is 41.3 Å². The third-order valence-electron chi connectivity index (χ3n) is 3.73. The van der Waals surface area contributed by atoms with Crippen molar-refractivity contribution in [2.75, 3.05) is 19.0 Å². The maximum absolute atomic E-state index is 12.4. The van der Waals surface area contributed by atoms with Gasteiger partial charge in [0.25, 0.3) is 5.69 Å². The Bertz CT molecular complexity index is 969. The van der Waals surface area contributed by atoms with Crippen molar-refractivity contribution in [3.05, 3.63) is 62.1 Å². The van der Waals surface area contributed by atoms with Gasteiger partial charge in [0.2, 0.25) is 10.0 Å². The van der Waals surface area contributed by atoms with E-state index in [4.69, 9.17) is 27.9 Å². The zero-order chi connectivity index (χ0) is 20.9. The van der Waals surface area contributed by atoms with Gasteiger partial charge >= 0.3 is 0 Å². The number of benzene rings is 2. The highest BCUT2D eigenvalue weighted by atomic mass is 35.5. The monoisotopic (exact) mass is 447 g/mol. The molecule has 0 radical (unpaired) electrons. The fourth-order valence-electron chi connectivity index (χ4n) is 2.45. The molecule has 0 unspecified atom stereocenters. The fraction of sp³-hybridized carbons (Fsp3) is 0.294. The number of rotatable bonds is 9. The number of ether oxygens (including phenoxy) is 1. The summed E-state index contributed by atoms with van der Waals surface area (Å²) in [5.74, 6) is 0. The molecule has 0 aliphatic heterocycles. The molecule has 8 nitrogen and oxygen atoms in total. The van der Waals surface area contributed by atoms with Crippen LogP contribution in [0, 0.1) is 10.1 Å². The SMILES string of the molecule is COC[C@H](C)NS(=O)(=O)c1ccc(NCc2ccc(Cl)cc2Cl)c([N+](=O)[O-])c1. The maximum Gasteiger partial charge on any atom is 0.293 e. The molecule has 0 spiro atoms. The normalized spacial score (nSPS) is 12.6. The molecule has 0 bridgehead atoms. The van der Waals surface area contributed by atoms with Crippen LogP contribution in [0.5, 0.6) is 0 Å². The molecule has 0 heterocycles. The van der Waals surface area contributed by atoms with Crippen LogP contribution in [0.25, 0.3) is 0 Å². The van der Waals surface area contributed by atoms with Gasteiger partial charge in [-0.15, -0.1) is 0 Å². The van der Waals surface area contributed by atoms with Crippen molar-refractivity contribution < 1.29 is 18.1 Å². The molecular formula is C17H19Cl2N3O5S. The number of nitrogens with zero attached hydrogens (tertiary/aromatic N) is 1. The summed E-state index contributed by atoms with van der Waals surface area (Å²) in [7, 11) is -2.48. The third kappa shape index (κ3) is 5.79. The lowest BCUT2D eigenvalue weighted by Crippen LogP contribution is -2.35. The number of halogens is 2. The molecule has 0 fully saturated rings. The number of methoxy groups -OCH3 is 1. The highest BCUT2D eigenvalue weighted by Crippen LogP contribution is 2.29. The molecule has 2 N–H and O–H groups in total. The van der Waals surface area contributed by atoms with Crippen LogP contribution in [0.4, 0.5) is 11.4 Å². The summed E-state index contributed by atoms with van der Waals surface area (Å²) in [6.07, 6.45) is 0. The molecule has 0 saturated heterocycles. The molecule has 11 heteroatoms. The van der Waals surface area contributed by atoms with Crippen molar-refractivity contribution in [3.63, 3.8) is 0 Å². The molecule has 0 saturated carbocycles. The van der Waals surface area contributed by atoms with Gasteiger partial charge in [0.05, 0.1) is 16.4 Å². The average Bonchev–Trinajstić information content (AvgIpc) is 2.60. The summed E-state index contributed by atoms with van der Waals surface area (Å²) in [4.78, 5) is 10.6. The highest BCUT2D eigenvalue weighted by molar-refractivity contribution is 7.89. The van der Waals surface area contributed by atoms with Crippen molar-refractivity contribution in [1.82, 2.24) is 4.72 Å². The van der Waals surface area contributed by atoms with E-state index in [0.717, 1.165) is 6.07 Å². The summed E-state index contributed by atoms with van der Waals surface area (Å²) >= 11 is 12.0. The van der Waals surface area contributed by atoms with Crippen molar-refractivity contribution in [1.29, 1.82) is 0 Å². The maximum atomic E-state index is 12.4. The zero-order valence-corrected chi connectivity index (χ0v) is 17.4. The van der Waals surface area contributed by atoms with E-state index in [9.17, 15) is 18.5 Å². The second-order valence-corrected chi connectivity index (χ2v) is 8.56. The summed E-state index contributed by atoms with van der Waals surface area (Å²) in [6.45, 7) is 2.00. The molecule has 1 atom stereocenters. The van der Waals surface area contributed by atoms with Crippen LogP contribution < -0.4 is 10.0 Å². The minimum Gasteiger partial charge on any atom is -0.383 e. The number of anilines is 1. The second-order valence-electron chi connectivity index (χ2n) is 6.00. The highest BCUT2D eigenvalue weighted by Gasteiger charge is 2.23. The molecule has 0 amide bonds. The molecule has 2 aromatic rings. The van der Waals surface area contributed by atoms with Gasteiger partial charge in [0, 0.05) is 35.8 Å². The molecule has 0 aliphatic carbocycles. The van der Waals surface area contributed by atoms with E-state index in [2.05, 4.69) is 10.0 Å². The summed E-state index contributed by atoms with van der Waals surface area (Å²) in [5.41, 5.74) is 0.486. The molecule has 152 valence electrons. The van der Waals surface area contributed by atoms with Gasteiger partial charge in [0.1, 0.15) is 5.69 Å². The van der Waals surface area contributed by atoms with Crippen molar-refractivity contribution >= 4 is 44.6 Å². The van der Waals surface area contributed by atoms with Gasteiger partial charge in [0.15, 0.2) is 0 Å². The quantitative estimate of drug-likeness (QED) is 0.446. The Kier molecular flexibility index (Phi) is 7.62. The van der Waals surface area contributed by atoms with Crippen LogP contribution in [-0.4, -0.2) is 33.1 Å². The van der Waals surface area contributed by atoms with Crippen molar-refractivity contribution in [2.24, 2.45) is 0 Å². The molecule has 0 aromatic heterocycles. The lowest BCUT2D eigenvalue weighted by molar-refractivity contribution is -0.384. The van der Waals surface area contributed by atoms with Gasteiger partial charge < -0.3 is 10.1 Å². The first-order valence-corrected chi connectivity index (χ1v) is 10.4. The Labute approximate surface area is 173 Å². The summed E-state index contributed by atoms with van der Waals surface area (Å²) in [6, 6.07) is 8.08. The van der Waals surface area contributed by atoms with Gasteiger partial charge in [-0.05, 0) is 36.8 Å². The number of hydrogen-bond acceptors (Lipinski definition) is 6. The summed E-state index contributed by atoms with van der Waals surface area (Å²) in [5, 5.41) is 15.2. The van der Waals surface area contributed by atoms with E-state index in [1.54, 1.807) is 25.1 Å². The zero-order valence-electron chi connectivity index (χ0n) is 15.1. The Hall–Kier alpha value is -1.91. The van der Waals surface area contributed by atoms with E-state index < -0.39 is 21.0 Å². The lowest BCUT2D eigenvalue weighted by Gasteiger charge is -2.14. The topological polar surface area (TPSA) is 111 Å². The van der Waals surface area contributed by atoms with E-state index in [1.165, 1.54) is 19.2 Å². The molecule has 2 rings (SSSR count). The number of nitro groups is 1. The van der Waals surface area contributed by atoms with E-state index in [0.29, 0.717) is 15.6 Å². The number of hydrogen-bond donors (Lipinski definition) is 2. The lowest BCUT2D eigenvalue weighted by atomic mass is 10.2. The number of sulfonamides is 1. The molecule has 0 aliphatic rings. The fourth-order valence-corrected chi connectivity index (χ4v) is 4.17. The Morgan fingerprint density at radius 2 is 1.93 bits per heavy atom.